The third-order valence-electron chi connectivity index (χ3n) is 3.39. The summed E-state index contributed by atoms with van der Waals surface area (Å²) in [6.45, 7) is 3.50. The Labute approximate surface area is 101 Å². The van der Waals surface area contributed by atoms with E-state index in [0.717, 1.165) is 12.2 Å². The molecule has 1 heterocycles. The summed E-state index contributed by atoms with van der Waals surface area (Å²) in [4.78, 5) is 12.9. The molecule has 1 aromatic heterocycles. The summed E-state index contributed by atoms with van der Waals surface area (Å²) in [5.41, 5.74) is 2.36. The lowest BCUT2D eigenvalue weighted by atomic mass is 10.2. The molecule has 0 aromatic carbocycles. The van der Waals surface area contributed by atoms with Crippen molar-refractivity contribution in [1.82, 2.24) is 14.7 Å². The molecule has 1 fully saturated rings. The van der Waals surface area contributed by atoms with Crippen LogP contribution in [0.4, 0.5) is 0 Å². The first-order valence-corrected chi connectivity index (χ1v) is 6.01. The molecule has 1 N–H and O–H groups in total. The first-order valence-electron chi connectivity index (χ1n) is 6.01. The molecule has 5 nitrogen and oxygen atoms in total. The molecular weight excluding hydrogens is 218 g/mol. The van der Waals surface area contributed by atoms with Crippen LogP contribution in [-0.2, 0) is 18.4 Å². The lowest BCUT2D eigenvalue weighted by Crippen LogP contribution is -2.28. The van der Waals surface area contributed by atoms with Gasteiger partial charge in [-0.2, -0.15) is 5.10 Å². The van der Waals surface area contributed by atoms with E-state index in [0.29, 0.717) is 12.6 Å². The Morgan fingerprint density at radius 1 is 1.65 bits per heavy atom. The summed E-state index contributed by atoms with van der Waals surface area (Å²) in [5, 5.41) is 13.0. The number of aryl methyl sites for hydroxylation is 1. The summed E-state index contributed by atoms with van der Waals surface area (Å²) in [6.07, 6.45) is 4.49. The second-order valence-electron chi connectivity index (χ2n) is 4.72. The van der Waals surface area contributed by atoms with Gasteiger partial charge < -0.3 is 5.11 Å². The van der Waals surface area contributed by atoms with Gasteiger partial charge in [-0.25, -0.2) is 0 Å². The third kappa shape index (κ3) is 3.06. The van der Waals surface area contributed by atoms with Crippen LogP contribution in [0.3, 0.4) is 0 Å². The fourth-order valence-corrected chi connectivity index (χ4v) is 1.99. The average Bonchev–Trinajstić information content (AvgIpc) is 3.06. The van der Waals surface area contributed by atoms with Gasteiger partial charge in [-0.1, -0.05) is 0 Å². The van der Waals surface area contributed by atoms with Crippen LogP contribution in [0.15, 0.2) is 6.20 Å². The van der Waals surface area contributed by atoms with Gasteiger partial charge in [-0.3, -0.25) is 14.4 Å². The Hall–Kier alpha value is -1.36. The smallest absolute Gasteiger partial charge is 0.304 e. The number of hydrogen-bond donors (Lipinski definition) is 1. The van der Waals surface area contributed by atoms with Crippen molar-refractivity contribution in [2.75, 3.05) is 6.54 Å². The van der Waals surface area contributed by atoms with Crippen LogP contribution in [0.25, 0.3) is 0 Å². The number of carbonyl (C=O) groups is 1. The van der Waals surface area contributed by atoms with Crippen molar-refractivity contribution < 1.29 is 9.90 Å². The highest BCUT2D eigenvalue weighted by atomic mass is 16.4. The van der Waals surface area contributed by atoms with Gasteiger partial charge in [0.05, 0.1) is 12.6 Å². The van der Waals surface area contributed by atoms with E-state index in [2.05, 4.69) is 10.00 Å². The fourth-order valence-electron chi connectivity index (χ4n) is 1.99. The van der Waals surface area contributed by atoms with E-state index in [1.807, 2.05) is 24.9 Å². The standard InChI is InChI=1S/C12H19N3O2/c1-9-10(7-13-14(9)2)8-15(11-3-4-11)6-5-12(16)17/h7,11H,3-6,8H2,1-2H3,(H,16,17). The van der Waals surface area contributed by atoms with E-state index in [1.165, 1.54) is 18.4 Å². The number of rotatable bonds is 6. The van der Waals surface area contributed by atoms with Gasteiger partial charge in [0.25, 0.3) is 0 Å². The molecule has 0 aliphatic heterocycles. The van der Waals surface area contributed by atoms with Crippen LogP contribution < -0.4 is 0 Å². The topological polar surface area (TPSA) is 58.4 Å². The molecule has 0 bridgehead atoms. The largest absolute Gasteiger partial charge is 0.481 e. The highest BCUT2D eigenvalue weighted by Crippen LogP contribution is 2.28. The fraction of sp³-hybridized carbons (Fsp3) is 0.667. The van der Waals surface area contributed by atoms with Crippen LogP contribution in [0, 0.1) is 6.92 Å². The molecule has 1 aliphatic carbocycles. The van der Waals surface area contributed by atoms with Crippen molar-refractivity contribution >= 4 is 5.97 Å². The average molecular weight is 237 g/mol. The minimum absolute atomic E-state index is 0.218. The van der Waals surface area contributed by atoms with Gasteiger partial charge in [-0.05, 0) is 19.8 Å². The lowest BCUT2D eigenvalue weighted by Gasteiger charge is -2.20. The van der Waals surface area contributed by atoms with E-state index < -0.39 is 5.97 Å². The Morgan fingerprint density at radius 2 is 2.35 bits per heavy atom. The van der Waals surface area contributed by atoms with Crippen molar-refractivity contribution in [1.29, 1.82) is 0 Å². The van der Waals surface area contributed by atoms with Crippen molar-refractivity contribution in [3.8, 4) is 0 Å². The SMILES string of the molecule is Cc1c(CN(CCC(=O)O)C2CC2)cnn1C. The molecule has 1 aromatic rings. The molecule has 94 valence electrons. The second kappa shape index (κ2) is 4.87. The maximum absolute atomic E-state index is 10.6. The van der Waals surface area contributed by atoms with E-state index in [1.54, 1.807) is 0 Å². The van der Waals surface area contributed by atoms with Crippen molar-refractivity contribution in [3.05, 3.63) is 17.5 Å². The summed E-state index contributed by atoms with van der Waals surface area (Å²) in [7, 11) is 1.93. The maximum Gasteiger partial charge on any atom is 0.304 e. The first kappa shape index (κ1) is 12.1. The molecular formula is C12H19N3O2. The number of aromatic nitrogens is 2. The van der Waals surface area contributed by atoms with E-state index in [-0.39, 0.29) is 6.42 Å². The van der Waals surface area contributed by atoms with Gasteiger partial charge in [0, 0.05) is 37.4 Å². The van der Waals surface area contributed by atoms with Gasteiger partial charge in [0.15, 0.2) is 0 Å². The molecule has 1 saturated carbocycles. The number of carboxylic acid groups (broad SMARTS) is 1. The molecule has 2 rings (SSSR count). The number of nitrogens with zero attached hydrogens (tertiary/aromatic N) is 3. The lowest BCUT2D eigenvalue weighted by molar-refractivity contribution is -0.137. The van der Waals surface area contributed by atoms with E-state index >= 15 is 0 Å². The maximum atomic E-state index is 10.6. The third-order valence-corrected chi connectivity index (χ3v) is 3.39. The molecule has 0 spiro atoms. The van der Waals surface area contributed by atoms with Gasteiger partial charge in [-0.15, -0.1) is 0 Å². The van der Waals surface area contributed by atoms with Crippen molar-refractivity contribution in [2.24, 2.45) is 7.05 Å². The zero-order valence-corrected chi connectivity index (χ0v) is 10.4. The van der Waals surface area contributed by atoms with Gasteiger partial charge in [0.2, 0.25) is 0 Å². The minimum Gasteiger partial charge on any atom is -0.481 e. The Morgan fingerprint density at radius 3 is 2.82 bits per heavy atom. The predicted octanol–water partition coefficient (Wildman–Crippen LogP) is 1.17. The van der Waals surface area contributed by atoms with Crippen LogP contribution in [0.5, 0.6) is 0 Å². The monoisotopic (exact) mass is 237 g/mol. The highest BCUT2D eigenvalue weighted by molar-refractivity contribution is 5.66. The van der Waals surface area contributed by atoms with Gasteiger partial charge >= 0.3 is 5.97 Å². The summed E-state index contributed by atoms with van der Waals surface area (Å²) in [5.74, 6) is -0.724. The normalized spacial score (nSPS) is 15.5. The summed E-state index contributed by atoms with van der Waals surface area (Å²) >= 11 is 0. The quantitative estimate of drug-likeness (QED) is 0.806. The summed E-state index contributed by atoms with van der Waals surface area (Å²) < 4.78 is 1.86. The van der Waals surface area contributed by atoms with E-state index in [9.17, 15) is 4.79 Å². The molecule has 0 atom stereocenters. The Balaban J connectivity index is 1.97. The molecule has 0 amide bonds. The molecule has 0 unspecified atom stereocenters. The minimum atomic E-state index is -0.724. The first-order chi connectivity index (χ1) is 8.08. The number of hydrogen-bond acceptors (Lipinski definition) is 3. The summed E-state index contributed by atoms with van der Waals surface area (Å²) in [6, 6.07) is 0.578. The zero-order chi connectivity index (χ0) is 12.4. The van der Waals surface area contributed by atoms with Crippen LogP contribution in [-0.4, -0.2) is 38.3 Å². The van der Waals surface area contributed by atoms with Crippen molar-refractivity contribution in [3.63, 3.8) is 0 Å². The highest BCUT2D eigenvalue weighted by Gasteiger charge is 2.29. The zero-order valence-electron chi connectivity index (χ0n) is 10.4. The van der Waals surface area contributed by atoms with Crippen LogP contribution in [0.1, 0.15) is 30.5 Å². The molecule has 0 radical (unpaired) electrons. The van der Waals surface area contributed by atoms with Crippen molar-refractivity contribution in [2.45, 2.75) is 38.8 Å². The Kier molecular flexibility index (Phi) is 3.47. The van der Waals surface area contributed by atoms with Gasteiger partial charge in [0.1, 0.15) is 0 Å². The predicted molar refractivity (Wildman–Crippen MR) is 63.6 cm³/mol. The number of aliphatic carboxylic acids is 1. The van der Waals surface area contributed by atoms with Crippen LogP contribution >= 0.6 is 0 Å². The molecule has 17 heavy (non-hydrogen) atoms. The molecule has 1 aliphatic rings. The number of carboxylic acids is 1. The molecule has 5 heteroatoms. The van der Waals surface area contributed by atoms with E-state index in [4.69, 9.17) is 5.11 Å². The van der Waals surface area contributed by atoms with Crippen LogP contribution in [0.2, 0.25) is 0 Å². The Bertz CT molecular complexity index is 410. The molecule has 0 saturated heterocycles. The second-order valence-corrected chi connectivity index (χ2v) is 4.72.